The third-order valence-corrected chi connectivity index (χ3v) is 7.41. The van der Waals surface area contributed by atoms with Crippen LogP contribution >= 0.6 is 0 Å². The fourth-order valence-electron chi connectivity index (χ4n) is 5.45. The number of hydrogen-bond acceptors (Lipinski definition) is 5. The Labute approximate surface area is 220 Å². The zero-order chi connectivity index (χ0) is 26.1. The molecule has 6 nitrogen and oxygen atoms in total. The molecule has 0 saturated carbocycles. The van der Waals surface area contributed by atoms with Gasteiger partial charge in [-0.1, -0.05) is 54.6 Å². The molecular formula is C30H28F2N6. The molecule has 0 N–H and O–H groups in total. The highest BCUT2D eigenvalue weighted by Gasteiger charge is 2.32. The molecule has 2 unspecified atom stereocenters. The largest absolute Gasteiger partial charge is 0.351 e. The normalized spacial score (nSPS) is 19.1. The van der Waals surface area contributed by atoms with Gasteiger partial charge in [-0.25, -0.2) is 18.7 Å². The fourth-order valence-corrected chi connectivity index (χ4v) is 5.45. The highest BCUT2D eigenvalue weighted by atomic mass is 19.1. The van der Waals surface area contributed by atoms with Gasteiger partial charge in [0.05, 0.1) is 30.7 Å². The Morgan fingerprint density at radius 2 is 1.82 bits per heavy atom. The summed E-state index contributed by atoms with van der Waals surface area (Å²) in [6.45, 7) is 3.66. The van der Waals surface area contributed by atoms with Crippen LogP contribution in [0.1, 0.15) is 42.5 Å². The van der Waals surface area contributed by atoms with E-state index in [0.717, 1.165) is 24.2 Å². The number of piperidine rings is 1. The van der Waals surface area contributed by atoms with Gasteiger partial charge in [0.2, 0.25) is 0 Å². The van der Waals surface area contributed by atoms with Crippen molar-refractivity contribution >= 4 is 11.5 Å². The highest BCUT2D eigenvalue weighted by molar-refractivity contribution is 6.09. The van der Waals surface area contributed by atoms with Crippen molar-refractivity contribution in [3.8, 4) is 11.5 Å². The maximum Gasteiger partial charge on any atom is 0.183 e. The van der Waals surface area contributed by atoms with Crippen molar-refractivity contribution in [3.63, 3.8) is 0 Å². The van der Waals surface area contributed by atoms with Crippen molar-refractivity contribution in [1.29, 1.82) is 0 Å². The number of aromatic nitrogens is 4. The number of hydrogen-bond donors (Lipinski definition) is 0. The first-order valence-corrected chi connectivity index (χ1v) is 13.0. The van der Waals surface area contributed by atoms with Gasteiger partial charge in [0.15, 0.2) is 17.5 Å². The maximum absolute atomic E-state index is 15.2. The predicted molar refractivity (Wildman–Crippen MR) is 144 cm³/mol. The molecule has 1 saturated heterocycles. The van der Waals surface area contributed by atoms with Gasteiger partial charge < -0.3 is 4.90 Å². The summed E-state index contributed by atoms with van der Waals surface area (Å²) >= 11 is 0. The number of aliphatic imine (C=N–C) groups is 1. The molecule has 8 heteroatoms. The van der Waals surface area contributed by atoms with Gasteiger partial charge >= 0.3 is 0 Å². The minimum Gasteiger partial charge on any atom is -0.351 e. The predicted octanol–water partition coefficient (Wildman–Crippen LogP) is 5.80. The minimum absolute atomic E-state index is 0.0653. The van der Waals surface area contributed by atoms with Crippen LogP contribution in [-0.2, 0) is 6.54 Å². The summed E-state index contributed by atoms with van der Waals surface area (Å²) in [4.78, 5) is 15.5. The maximum atomic E-state index is 15.2. The van der Waals surface area contributed by atoms with Crippen LogP contribution in [0, 0.1) is 11.6 Å². The molecule has 38 heavy (non-hydrogen) atoms. The highest BCUT2D eigenvalue weighted by Crippen LogP contribution is 2.36. The Bertz CT molecular complexity index is 1510. The monoisotopic (exact) mass is 510 g/mol. The van der Waals surface area contributed by atoms with Crippen molar-refractivity contribution in [3.05, 3.63) is 107 Å². The second kappa shape index (κ2) is 10.3. The lowest BCUT2D eigenvalue weighted by Gasteiger charge is -2.40. The number of benzene rings is 2. The van der Waals surface area contributed by atoms with Crippen LogP contribution in [0.4, 0.5) is 14.6 Å². The van der Waals surface area contributed by atoms with Gasteiger partial charge in [-0.3, -0.25) is 9.67 Å². The van der Waals surface area contributed by atoms with Crippen LogP contribution < -0.4 is 4.90 Å². The van der Waals surface area contributed by atoms with E-state index in [9.17, 15) is 4.39 Å². The zero-order valence-electron chi connectivity index (χ0n) is 21.1. The van der Waals surface area contributed by atoms with Crippen molar-refractivity contribution in [2.24, 2.45) is 4.99 Å². The molecule has 1 fully saturated rings. The van der Waals surface area contributed by atoms with E-state index in [1.165, 1.54) is 17.8 Å². The molecule has 0 radical (unpaired) electrons. The van der Waals surface area contributed by atoms with E-state index in [1.54, 1.807) is 22.9 Å². The van der Waals surface area contributed by atoms with Crippen molar-refractivity contribution in [2.45, 2.75) is 38.3 Å². The van der Waals surface area contributed by atoms with E-state index in [0.29, 0.717) is 30.2 Å². The van der Waals surface area contributed by atoms with Crippen LogP contribution in [0.2, 0.25) is 0 Å². The average molecular weight is 511 g/mol. The Kier molecular flexibility index (Phi) is 6.54. The number of nitrogens with zero attached hydrogens (tertiary/aromatic N) is 6. The summed E-state index contributed by atoms with van der Waals surface area (Å²) in [5.41, 5.74) is 3.76. The standard InChI is InChI=1S/C30H28F2N6/c1-20-23(21-9-3-2-4-10-21)12-8-16-37(20)30-25(32)18-34-29(35-30)27-17-28(26-14-7-15-33-26)38(36-27)19-22-11-5-6-13-24(22)31/h2-7,9-11,13-14,17-18,20,23H,8,12,15-16,19H2,1H3. The first kappa shape index (κ1) is 24.2. The van der Waals surface area contributed by atoms with Gasteiger partial charge in [-0.05, 0) is 43.5 Å². The zero-order valence-corrected chi connectivity index (χ0v) is 21.1. The molecule has 0 bridgehead atoms. The minimum atomic E-state index is -0.455. The number of allylic oxidation sites excluding steroid dienone is 1. The lowest BCUT2D eigenvalue weighted by atomic mass is 9.84. The first-order chi connectivity index (χ1) is 18.6. The molecule has 0 aliphatic carbocycles. The third-order valence-electron chi connectivity index (χ3n) is 7.41. The fraction of sp³-hybridized carbons (Fsp3) is 0.267. The second-order valence-corrected chi connectivity index (χ2v) is 9.75. The average Bonchev–Trinajstić information content (AvgIpc) is 3.62. The van der Waals surface area contributed by atoms with Crippen LogP contribution in [-0.4, -0.2) is 44.6 Å². The van der Waals surface area contributed by atoms with Crippen molar-refractivity contribution < 1.29 is 8.78 Å². The van der Waals surface area contributed by atoms with Gasteiger partial charge in [0, 0.05) is 24.1 Å². The van der Waals surface area contributed by atoms with E-state index >= 15 is 4.39 Å². The molecule has 0 spiro atoms. The van der Waals surface area contributed by atoms with Crippen LogP contribution in [0.15, 0.2) is 84.0 Å². The molecule has 2 aliphatic heterocycles. The SMILES string of the molecule is CC1C(c2ccccc2)CCCN1c1nc(-c2cc(C3=NCC=C3)n(Cc3ccccc3F)n2)ncc1F. The van der Waals surface area contributed by atoms with E-state index < -0.39 is 5.82 Å². The molecule has 2 atom stereocenters. The van der Waals surface area contributed by atoms with Crippen LogP contribution in [0.5, 0.6) is 0 Å². The lowest BCUT2D eigenvalue weighted by molar-refractivity contribution is 0.414. The molecule has 2 aromatic carbocycles. The summed E-state index contributed by atoms with van der Waals surface area (Å²) in [6.07, 6.45) is 7.09. The van der Waals surface area contributed by atoms with Crippen molar-refractivity contribution in [1.82, 2.24) is 19.7 Å². The lowest BCUT2D eigenvalue weighted by Crippen LogP contribution is -2.43. The molecule has 2 aliphatic rings. The van der Waals surface area contributed by atoms with Gasteiger partial charge in [0.25, 0.3) is 0 Å². The Morgan fingerprint density at radius 1 is 1.00 bits per heavy atom. The smallest absolute Gasteiger partial charge is 0.183 e. The molecule has 4 aromatic rings. The molecule has 2 aromatic heterocycles. The third kappa shape index (κ3) is 4.62. The van der Waals surface area contributed by atoms with Gasteiger partial charge in [-0.2, -0.15) is 5.10 Å². The molecule has 0 amide bonds. The summed E-state index contributed by atoms with van der Waals surface area (Å²) in [6, 6.07) is 18.9. The first-order valence-electron chi connectivity index (χ1n) is 13.0. The number of halogens is 2. The Balaban J connectivity index is 1.36. The Morgan fingerprint density at radius 3 is 2.61 bits per heavy atom. The van der Waals surface area contributed by atoms with Gasteiger partial charge in [0.1, 0.15) is 11.5 Å². The Hall–Kier alpha value is -4.20. The summed E-state index contributed by atoms with van der Waals surface area (Å²) < 4.78 is 31.3. The van der Waals surface area contributed by atoms with Gasteiger partial charge in [-0.15, -0.1) is 0 Å². The number of anilines is 1. The topological polar surface area (TPSA) is 59.2 Å². The van der Waals surface area contributed by atoms with E-state index in [1.807, 2.05) is 41.3 Å². The summed E-state index contributed by atoms with van der Waals surface area (Å²) in [7, 11) is 0. The second-order valence-electron chi connectivity index (χ2n) is 9.75. The van der Waals surface area contributed by atoms with Crippen LogP contribution in [0.25, 0.3) is 11.5 Å². The molecule has 192 valence electrons. The summed E-state index contributed by atoms with van der Waals surface area (Å²) in [5, 5.41) is 4.73. The molecule has 6 rings (SSSR count). The molecule has 4 heterocycles. The van der Waals surface area contributed by atoms with Crippen molar-refractivity contribution in [2.75, 3.05) is 18.0 Å². The number of rotatable bonds is 6. The molecular weight excluding hydrogens is 482 g/mol. The summed E-state index contributed by atoms with van der Waals surface area (Å²) in [5.74, 6) is 0.134. The van der Waals surface area contributed by atoms with E-state index in [-0.39, 0.29) is 30.1 Å². The van der Waals surface area contributed by atoms with E-state index in [4.69, 9.17) is 5.10 Å². The van der Waals surface area contributed by atoms with E-state index in [2.05, 4.69) is 34.0 Å². The van der Waals surface area contributed by atoms with Crippen LogP contribution in [0.3, 0.4) is 0 Å². The quantitative estimate of drug-likeness (QED) is 0.329.